The van der Waals surface area contributed by atoms with Crippen LogP contribution in [0.3, 0.4) is 0 Å². The highest BCUT2D eigenvalue weighted by molar-refractivity contribution is 6.31. The van der Waals surface area contributed by atoms with Crippen LogP contribution in [-0.2, 0) is 11.3 Å². The van der Waals surface area contributed by atoms with Crippen LogP contribution in [0, 0.1) is 17.1 Å². The molecule has 0 radical (unpaired) electrons. The van der Waals surface area contributed by atoms with Crippen LogP contribution in [-0.4, -0.2) is 58.8 Å². The van der Waals surface area contributed by atoms with Crippen LogP contribution < -0.4 is 25.8 Å². The summed E-state index contributed by atoms with van der Waals surface area (Å²) in [5.41, 5.74) is 7.17. The molecule has 3 aromatic rings. The number of likely N-dealkylation sites (tertiary alicyclic amines) is 1. The zero-order chi connectivity index (χ0) is 28.6. The van der Waals surface area contributed by atoms with Gasteiger partial charge in [0.15, 0.2) is 17.3 Å². The van der Waals surface area contributed by atoms with Gasteiger partial charge in [0.1, 0.15) is 23.5 Å². The monoisotopic (exact) mass is 569 g/mol. The van der Waals surface area contributed by atoms with Crippen LogP contribution >= 0.6 is 11.6 Å². The number of aliphatic carboxylic acids is 1. The van der Waals surface area contributed by atoms with Gasteiger partial charge in [0, 0.05) is 24.0 Å². The van der Waals surface area contributed by atoms with E-state index in [1.807, 2.05) is 6.07 Å². The third-order valence-electron chi connectivity index (χ3n) is 6.36. The number of hydrogen-bond donors (Lipinski definition) is 4. The van der Waals surface area contributed by atoms with E-state index in [0.29, 0.717) is 61.0 Å². The van der Waals surface area contributed by atoms with Crippen molar-refractivity contribution in [3.8, 4) is 17.6 Å². The van der Waals surface area contributed by atoms with Gasteiger partial charge < -0.3 is 30.9 Å². The molecule has 2 heterocycles. The molecule has 40 heavy (non-hydrogen) atoms. The molecule has 13 heteroatoms. The van der Waals surface area contributed by atoms with Crippen molar-refractivity contribution in [2.75, 3.05) is 37.4 Å². The van der Waals surface area contributed by atoms with Crippen molar-refractivity contribution in [2.24, 2.45) is 5.73 Å². The van der Waals surface area contributed by atoms with Crippen LogP contribution in [0.4, 0.5) is 27.5 Å². The Bertz CT molecular complexity index is 1420. The summed E-state index contributed by atoms with van der Waals surface area (Å²) in [5.74, 6) is -0.156. The number of benzene rings is 2. The lowest BCUT2D eigenvalue weighted by Crippen LogP contribution is -2.35. The Kier molecular flexibility index (Phi) is 9.55. The van der Waals surface area contributed by atoms with Gasteiger partial charge in [0.2, 0.25) is 5.95 Å². The lowest BCUT2D eigenvalue weighted by molar-refractivity contribution is -0.142. The molecule has 11 nitrogen and oxygen atoms in total. The fraction of sp³-hybridized carbons (Fsp3) is 0.333. The molecule has 0 amide bonds. The third kappa shape index (κ3) is 6.87. The fourth-order valence-corrected chi connectivity index (χ4v) is 4.52. The van der Waals surface area contributed by atoms with E-state index in [1.54, 1.807) is 30.2 Å². The Morgan fingerprint density at radius 2 is 2.15 bits per heavy atom. The summed E-state index contributed by atoms with van der Waals surface area (Å²) in [4.78, 5) is 22.1. The number of hydrogen-bond acceptors (Lipinski definition) is 10. The molecule has 0 saturated carbocycles. The molecule has 210 valence electrons. The molecule has 1 atom stereocenters. The second-order valence-corrected chi connectivity index (χ2v) is 9.47. The number of methoxy groups -OCH3 is 1. The molecule has 4 rings (SSSR count). The first-order chi connectivity index (χ1) is 19.3. The van der Waals surface area contributed by atoms with E-state index in [9.17, 15) is 19.6 Å². The molecule has 0 bridgehead atoms. The second-order valence-electron chi connectivity index (χ2n) is 9.06. The van der Waals surface area contributed by atoms with Crippen molar-refractivity contribution in [3.63, 3.8) is 0 Å². The van der Waals surface area contributed by atoms with Gasteiger partial charge >= 0.3 is 5.97 Å². The van der Waals surface area contributed by atoms with Gasteiger partial charge in [-0.2, -0.15) is 10.2 Å². The molecular weight excluding hydrogens is 541 g/mol. The predicted octanol–water partition coefficient (Wildman–Crippen LogP) is 4.41. The summed E-state index contributed by atoms with van der Waals surface area (Å²) in [6.45, 7) is 1.65. The van der Waals surface area contributed by atoms with Crippen molar-refractivity contribution in [1.29, 1.82) is 5.26 Å². The number of aromatic nitrogens is 2. The average molecular weight is 570 g/mol. The molecular formula is C27H29ClFN7O4. The van der Waals surface area contributed by atoms with E-state index in [1.165, 1.54) is 18.3 Å². The zero-order valence-corrected chi connectivity index (χ0v) is 22.5. The number of rotatable bonds is 12. The van der Waals surface area contributed by atoms with Gasteiger partial charge in [-0.25, -0.2) is 9.37 Å². The Labute approximate surface area is 235 Å². The van der Waals surface area contributed by atoms with Gasteiger partial charge in [0.05, 0.1) is 24.9 Å². The van der Waals surface area contributed by atoms with Crippen molar-refractivity contribution >= 4 is 40.7 Å². The number of carboxylic acids is 1. The first-order valence-corrected chi connectivity index (χ1v) is 13.0. The Balaban J connectivity index is 1.61. The molecule has 5 N–H and O–H groups in total. The standard InChI is InChI=1S/C27H29ClFN7O4/c1-39-23-6-5-18(11-24(23)40-9-3-7-30)33-27-32-14-17(13-31)25(35-27)34-21-12-19(28)20(29)10-16(21)15-36-8-2-4-22(36)26(37)38/h5-6,10-12,14,22H,2-4,7-9,15,30H2,1H3,(H,37,38)(H2,32,33,34,35)/t22-/m0/s1. The summed E-state index contributed by atoms with van der Waals surface area (Å²) in [5, 5.41) is 25.3. The van der Waals surface area contributed by atoms with E-state index < -0.39 is 17.8 Å². The highest BCUT2D eigenvalue weighted by atomic mass is 35.5. The third-order valence-corrected chi connectivity index (χ3v) is 6.65. The minimum Gasteiger partial charge on any atom is -0.493 e. The Morgan fingerprint density at radius 3 is 2.88 bits per heavy atom. The number of carbonyl (C=O) groups is 1. The number of carboxylic acid groups (broad SMARTS) is 1. The van der Waals surface area contributed by atoms with E-state index in [4.69, 9.17) is 26.8 Å². The smallest absolute Gasteiger partial charge is 0.320 e. The molecule has 0 spiro atoms. The fourth-order valence-electron chi connectivity index (χ4n) is 4.36. The molecule has 2 aromatic carbocycles. The number of halogens is 2. The Hall–Kier alpha value is -4.18. The van der Waals surface area contributed by atoms with E-state index >= 15 is 0 Å². The van der Waals surface area contributed by atoms with Crippen molar-refractivity contribution in [3.05, 3.63) is 58.5 Å². The Morgan fingerprint density at radius 1 is 1.32 bits per heavy atom. The van der Waals surface area contributed by atoms with Crippen molar-refractivity contribution in [2.45, 2.75) is 31.8 Å². The zero-order valence-electron chi connectivity index (χ0n) is 21.8. The minimum atomic E-state index is -0.925. The van der Waals surface area contributed by atoms with Gasteiger partial charge in [-0.05, 0) is 62.2 Å². The lowest BCUT2D eigenvalue weighted by Gasteiger charge is -2.23. The highest BCUT2D eigenvalue weighted by Crippen LogP contribution is 2.33. The van der Waals surface area contributed by atoms with Gasteiger partial charge in [0.25, 0.3) is 0 Å². The van der Waals surface area contributed by atoms with Gasteiger partial charge in [-0.1, -0.05) is 11.6 Å². The molecule has 1 fully saturated rings. The molecule has 1 aliphatic heterocycles. The largest absolute Gasteiger partial charge is 0.493 e. The normalized spacial score (nSPS) is 14.9. The number of anilines is 4. The number of nitrogens with one attached hydrogen (secondary N) is 2. The maximum atomic E-state index is 14.5. The van der Waals surface area contributed by atoms with Gasteiger partial charge in [-0.15, -0.1) is 0 Å². The molecule has 1 aliphatic rings. The summed E-state index contributed by atoms with van der Waals surface area (Å²) < 4.78 is 25.6. The SMILES string of the molecule is COc1ccc(Nc2ncc(C#N)c(Nc3cc(Cl)c(F)cc3CN3CCC[C@H]3C(=O)O)n2)cc1OCCCN. The highest BCUT2D eigenvalue weighted by Gasteiger charge is 2.31. The van der Waals surface area contributed by atoms with Crippen LogP contribution in [0.1, 0.15) is 30.4 Å². The quantitative estimate of drug-likeness (QED) is 0.229. The van der Waals surface area contributed by atoms with Crippen LogP contribution in [0.15, 0.2) is 36.5 Å². The van der Waals surface area contributed by atoms with Crippen LogP contribution in [0.25, 0.3) is 0 Å². The van der Waals surface area contributed by atoms with E-state index in [0.717, 1.165) is 6.42 Å². The number of nitrogens with zero attached hydrogens (tertiary/aromatic N) is 4. The molecule has 0 unspecified atom stereocenters. The number of ether oxygens (including phenoxy) is 2. The minimum absolute atomic E-state index is 0.131. The molecule has 1 aromatic heterocycles. The lowest BCUT2D eigenvalue weighted by atomic mass is 10.1. The maximum Gasteiger partial charge on any atom is 0.320 e. The first kappa shape index (κ1) is 28.8. The van der Waals surface area contributed by atoms with Crippen LogP contribution in [0.5, 0.6) is 11.5 Å². The summed E-state index contributed by atoms with van der Waals surface area (Å²) in [6.07, 6.45) is 3.27. The van der Waals surface area contributed by atoms with Crippen LogP contribution in [0.2, 0.25) is 5.02 Å². The molecule has 0 aliphatic carbocycles. The topological polar surface area (TPSA) is 159 Å². The molecule has 1 saturated heterocycles. The van der Waals surface area contributed by atoms with E-state index in [-0.39, 0.29) is 28.9 Å². The van der Waals surface area contributed by atoms with E-state index in [2.05, 4.69) is 20.6 Å². The first-order valence-electron chi connectivity index (χ1n) is 12.6. The predicted molar refractivity (Wildman–Crippen MR) is 148 cm³/mol. The van der Waals surface area contributed by atoms with Crippen molar-refractivity contribution in [1.82, 2.24) is 14.9 Å². The number of nitrogens with two attached hydrogens (primary N) is 1. The summed E-state index contributed by atoms with van der Waals surface area (Å²) >= 11 is 6.08. The average Bonchev–Trinajstić information content (AvgIpc) is 3.41. The summed E-state index contributed by atoms with van der Waals surface area (Å²) in [6, 6.07) is 9.26. The van der Waals surface area contributed by atoms with Crippen molar-refractivity contribution < 1.29 is 23.8 Å². The maximum absolute atomic E-state index is 14.5. The summed E-state index contributed by atoms with van der Waals surface area (Å²) in [7, 11) is 1.54. The number of nitriles is 1. The second kappa shape index (κ2) is 13.3. The van der Waals surface area contributed by atoms with Gasteiger partial charge in [-0.3, -0.25) is 9.69 Å².